The number of hydrogen-bond acceptors (Lipinski definition) is 4. The Morgan fingerprint density at radius 2 is 1.94 bits per heavy atom. The van der Waals surface area contributed by atoms with Crippen LogP contribution in [0.5, 0.6) is 0 Å². The highest BCUT2D eigenvalue weighted by Crippen LogP contribution is 2.15. The van der Waals surface area contributed by atoms with Crippen LogP contribution in [0, 0.1) is 5.41 Å². The molecule has 0 heterocycles. The summed E-state index contributed by atoms with van der Waals surface area (Å²) in [6, 6.07) is 0. The molecule has 0 spiro atoms. The second-order valence-corrected chi connectivity index (χ2v) is 4.36. The fourth-order valence-corrected chi connectivity index (χ4v) is 1.21. The van der Waals surface area contributed by atoms with Crippen LogP contribution in [-0.4, -0.2) is 23.9 Å². The minimum atomic E-state index is -0.737. The van der Waals surface area contributed by atoms with Gasteiger partial charge in [-0.15, -0.1) is 0 Å². The van der Waals surface area contributed by atoms with Gasteiger partial charge < -0.3 is 15.3 Å². The van der Waals surface area contributed by atoms with Crippen molar-refractivity contribution >= 4 is 27.6 Å². The highest BCUT2D eigenvalue weighted by molar-refractivity contribution is 9.11. The number of hydrogen-bond donors (Lipinski definition) is 2. The lowest BCUT2D eigenvalue weighted by molar-refractivity contribution is -0.135. The van der Waals surface area contributed by atoms with Crippen LogP contribution in [0.15, 0.2) is 46.2 Å². The third-order valence-electron chi connectivity index (χ3n) is 2.06. The van der Waals surface area contributed by atoms with Crippen LogP contribution in [0.25, 0.3) is 0 Å². The Bertz CT molecular complexity index is 459. The molecule has 5 heteroatoms. The van der Waals surface area contributed by atoms with E-state index in [0.717, 1.165) is 4.48 Å². The molecule has 0 unspecified atom stereocenters. The number of ether oxygens (including phenoxy) is 1. The van der Waals surface area contributed by atoms with Gasteiger partial charge in [0.15, 0.2) is 0 Å². The standard InChI is InChI=1S/C13H16BrNO3/c1-5-10(14)7-6-8(2)12(16)11(9(3)15)13(17)18-4/h5-7,15-16H,1H2,2-4H3/b8-6+,10-7+,12-11+,15-9?. The maximum absolute atomic E-state index is 11.4. The van der Waals surface area contributed by atoms with Gasteiger partial charge in [-0.25, -0.2) is 4.79 Å². The Morgan fingerprint density at radius 1 is 1.39 bits per heavy atom. The normalized spacial score (nSPS) is 13.8. The average Bonchev–Trinajstić information content (AvgIpc) is 2.34. The molecule has 2 N–H and O–H groups in total. The van der Waals surface area contributed by atoms with Gasteiger partial charge in [0.1, 0.15) is 11.3 Å². The van der Waals surface area contributed by atoms with Crippen molar-refractivity contribution in [2.75, 3.05) is 7.11 Å². The van der Waals surface area contributed by atoms with E-state index in [4.69, 9.17) is 5.41 Å². The van der Waals surface area contributed by atoms with Crippen molar-refractivity contribution in [3.05, 3.63) is 46.2 Å². The maximum Gasteiger partial charge on any atom is 0.343 e. The highest BCUT2D eigenvalue weighted by Gasteiger charge is 2.18. The predicted molar refractivity (Wildman–Crippen MR) is 76.0 cm³/mol. The molecular formula is C13H16BrNO3. The molecule has 4 nitrogen and oxygen atoms in total. The summed E-state index contributed by atoms with van der Waals surface area (Å²) in [6.45, 7) is 6.60. The molecule has 0 aliphatic carbocycles. The van der Waals surface area contributed by atoms with Crippen LogP contribution in [0.4, 0.5) is 0 Å². The van der Waals surface area contributed by atoms with Crippen molar-refractivity contribution in [2.24, 2.45) is 0 Å². The lowest BCUT2D eigenvalue weighted by Gasteiger charge is -2.07. The predicted octanol–water partition coefficient (Wildman–Crippen LogP) is 3.42. The number of esters is 1. The first kappa shape index (κ1) is 16.4. The van der Waals surface area contributed by atoms with Gasteiger partial charge in [-0.3, -0.25) is 0 Å². The highest BCUT2D eigenvalue weighted by atomic mass is 79.9. The van der Waals surface area contributed by atoms with Crippen molar-refractivity contribution in [3.63, 3.8) is 0 Å². The molecule has 98 valence electrons. The van der Waals surface area contributed by atoms with E-state index < -0.39 is 5.97 Å². The van der Waals surface area contributed by atoms with Crippen LogP contribution < -0.4 is 0 Å². The largest absolute Gasteiger partial charge is 0.507 e. The zero-order valence-corrected chi connectivity index (χ0v) is 12.2. The van der Waals surface area contributed by atoms with Gasteiger partial charge in [0, 0.05) is 10.2 Å². The first-order valence-electron chi connectivity index (χ1n) is 5.09. The number of methoxy groups -OCH3 is 1. The van der Waals surface area contributed by atoms with E-state index >= 15 is 0 Å². The number of carbonyl (C=O) groups is 1. The van der Waals surface area contributed by atoms with Crippen LogP contribution in [0.1, 0.15) is 13.8 Å². The third-order valence-corrected chi connectivity index (χ3v) is 2.65. The van der Waals surface area contributed by atoms with Crippen molar-refractivity contribution < 1.29 is 14.6 Å². The van der Waals surface area contributed by atoms with Crippen LogP contribution >= 0.6 is 15.9 Å². The molecule has 0 aromatic carbocycles. The van der Waals surface area contributed by atoms with E-state index in [1.165, 1.54) is 14.0 Å². The van der Waals surface area contributed by atoms with Crippen LogP contribution in [-0.2, 0) is 9.53 Å². The molecule has 0 rings (SSSR count). The fraction of sp³-hybridized carbons (Fsp3) is 0.231. The topological polar surface area (TPSA) is 70.4 Å². The van der Waals surface area contributed by atoms with Gasteiger partial charge in [0.2, 0.25) is 0 Å². The van der Waals surface area contributed by atoms with Crippen molar-refractivity contribution in [3.8, 4) is 0 Å². The Morgan fingerprint density at radius 3 is 2.33 bits per heavy atom. The minimum absolute atomic E-state index is 0.0566. The fourth-order valence-electron chi connectivity index (χ4n) is 1.08. The zero-order valence-electron chi connectivity index (χ0n) is 10.6. The van der Waals surface area contributed by atoms with Crippen molar-refractivity contribution in [1.29, 1.82) is 5.41 Å². The summed E-state index contributed by atoms with van der Waals surface area (Å²) in [5, 5.41) is 17.4. The Balaban J connectivity index is 5.54. The van der Waals surface area contributed by atoms with Crippen LogP contribution in [0.2, 0.25) is 0 Å². The molecule has 0 saturated heterocycles. The Hall–Kier alpha value is -1.62. The van der Waals surface area contributed by atoms with Gasteiger partial charge in [-0.2, -0.15) is 0 Å². The second kappa shape index (κ2) is 7.66. The summed E-state index contributed by atoms with van der Waals surface area (Å²) in [5.41, 5.74) is 0.244. The molecule has 0 saturated carbocycles. The van der Waals surface area contributed by atoms with Gasteiger partial charge in [0.25, 0.3) is 0 Å². The summed E-state index contributed by atoms with van der Waals surface area (Å²) in [5.74, 6) is -1.01. The molecule has 0 aliphatic rings. The number of halogens is 1. The third kappa shape index (κ3) is 4.71. The summed E-state index contributed by atoms with van der Waals surface area (Å²) >= 11 is 3.23. The van der Waals surface area contributed by atoms with Gasteiger partial charge in [0.05, 0.1) is 7.11 Å². The van der Waals surface area contributed by atoms with Crippen molar-refractivity contribution in [2.45, 2.75) is 13.8 Å². The number of nitrogens with one attached hydrogen (secondary N) is 1. The van der Waals surface area contributed by atoms with Gasteiger partial charge in [-0.1, -0.05) is 34.7 Å². The molecule has 0 bridgehead atoms. The molecule has 0 radical (unpaired) electrons. The number of aliphatic hydroxyl groups is 1. The number of aliphatic hydroxyl groups excluding tert-OH is 1. The Kier molecular flexibility index (Phi) is 6.97. The Labute approximate surface area is 115 Å². The van der Waals surface area contributed by atoms with Gasteiger partial charge in [-0.05, 0) is 25.5 Å². The van der Waals surface area contributed by atoms with E-state index in [1.807, 2.05) is 0 Å². The summed E-state index contributed by atoms with van der Waals surface area (Å²) in [7, 11) is 1.20. The number of carbonyl (C=O) groups excluding carboxylic acids is 1. The first-order chi connectivity index (χ1) is 8.34. The molecule has 0 amide bonds. The molecule has 0 fully saturated rings. The maximum atomic E-state index is 11.4. The van der Waals surface area contributed by atoms with E-state index in [9.17, 15) is 9.90 Å². The first-order valence-corrected chi connectivity index (χ1v) is 5.88. The molecule has 0 atom stereocenters. The summed E-state index contributed by atoms with van der Waals surface area (Å²) in [4.78, 5) is 11.4. The van der Waals surface area contributed by atoms with Gasteiger partial charge >= 0.3 is 5.97 Å². The van der Waals surface area contributed by atoms with E-state index in [-0.39, 0.29) is 17.0 Å². The van der Waals surface area contributed by atoms with Crippen molar-refractivity contribution in [1.82, 2.24) is 0 Å². The number of rotatable bonds is 5. The minimum Gasteiger partial charge on any atom is -0.507 e. The summed E-state index contributed by atoms with van der Waals surface area (Å²) in [6.07, 6.45) is 4.87. The zero-order chi connectivity index (χ0) is 14.3. The van der Waals surface area contributed by atoms with E-state index in [0.29, 0.717) is 5.57 Å². The molecule has 0 aromatic rings. The average molecular weight is 314 g/mol. The van der Waals surface area contributed by atoms with Crippen LogP contribution in [0.3, 0.4) is 0 Å². The molecular weight excluding hydrogens is 298 g/mol. The van der Waals surface area contributed by atoms with E-state index in [2.05, 4.69) is 27.2 Å². The summed E-state index contributed by atoms with van der Waals surface area (Å²) < 4.78 is 5.26. The number of allylic oxidation sites excluding steroid dienone is 5. The lowest BCUT2D eigenvalue weighted by Crippen LogP contribution is -2.14. The SMILES string of the molecule is C=C\C(Br)=C/C=C(C)/C(O)=C(/C(C)=N)C(=O)OC. The second-order valence-electron chi connectivity index (χ2n) is 3.45. The molecule has 18 heavy (non-hydrogen) atoms. The smallest absolute Gasteiger partial charge is 0.343 e. The monoisotopic (exact) mass is 313 g/mol. The lowest BCUT2D eigenvalue weighted by atomic mass is 10.1. The molecule has 0 aromatic heterocycles. The quantitative estimate of drug-likeness (QED) is 0.268. The molecule has 0 aliphatic heterocycles. The van der Waals surface area contributed by atoms with E-state index in [1.54, 1.807) is 25.2 Å².